The molecule has 1 saturated heterocycles. The highest BCUT2D eigenvalue weighted by Gasteiger charge is 2.15. The van der Waals surface area contributed by atoms with Crippen LogP contribution in [0.1, 0.15) is 25.5 Å². The maximum absolute atomic E-state index is 4.85. The Kier molecular flexibility index (Phi) is 4.71. The number of benzene rings is 1. The predicted octanol–water partition coefficient (Wildman–Crippen LogP) is 3.42. The number of piperazine rings is 1. The molecule has 3 aromatic heterocycles. The van der Waals surface area contributed by atoms with Crippen molar-refractivity contribution in [2.45, 2.75) is 26.8 Å². The third-order valence-corrected chi connectivity index (χ3v) is 5.64. The Morgan fingerprint density at radius 3 is 2.63 bits per heavy atom. The Bertz CT molecular complexity index is 1190. The van der Waals surface area contributed by atoms with Crippen LogP contribution >= 0.6 is 0 Å². The number of anilines is 3. The van der Waals surface area contributed by atoms with Crippen LogP contribution in [0.2, 0.25) is 0 Å². The molecule has 0 unspecified atom stereocenters. The minimum Gasteiger partial charge on any atom is -0.368 e. The Balaban J connectivity index is 1.49. The van der Waals surface area contributed by atoms with E-state index < -0.39 is 0 Å². The van der Waals surface area contributed by atoms with Crippen molar-refractivity contribution in [1.82, 2.24) is 29.8 Å². The van der Waals surface area contributed by atoms with Crippen molar-refractivity contribution < 1.29 is 0 Å². The summed E-state index contributed by atoms with van der Waals surface area (Å²) in [6.45, 7) is 10.4. The number of pyridine rings is 1. The van der Waals surface area contributed by atoms with Crippen molar-refractivity contribution in [3.8, 4) is 0 Å². The first kappa shape index (κ1) is 18.7. The second-order valence-electron chi connectivity index (χ2n) is 8.03. The topological polar surface area (TPSA) is 83.8 Å². The van der Waals surface area contributed by atoms with Gasteiger partial charge >= 0.3 is 0 Å². The zero-order chi connectivity index (χ0) is 20.7. The van der Waals surface area contributed by atoms with Crippen LogP contribution in [0.3, 0.4) is 0 Å². The molecule has 0 aliphatic carbocycles. The summed E-state index contributed by atoms with van der Waals surface area (Å²) in [5.74, 6) is 1.27. The van der Waals surface area contributed by atoms with Crippen molar-refractivity contribution in [2.75, 3.05) is 36.4 Å². The zero-order valence-corrected chi connectivity index (χ0v) is 17.6. The van der Waals surface area contributed by atoms with Gasteiger partial charge in [-0.2, -0.15) is 0 Å². The van der Waals surface area contributed by atoms with Crippen LogP contribution in [0.15, 0.2) is 36.9 Å². The van der Waals surface area contributed by atoms with Gasteiger partial charge in [-0.05, 0) is 44.5 Å². The fourth-order valence-corrected chi connectivity index (χ4v) is 3.99. The number of aryl methyl sites for hydroxylation is 1. The molecule has 5 rings (SSSR count). The second-order valence-corrected chi connectivity index (χ2v) is 8.03. The summed E-state index contributed by atoms with van der Waals surface area (Å²) >= 11 is 0. The number of nitrogens with one attached hydrogen (secondary N) is 2. The lowest BCUT2D eigenvalue weighted by atomic mass is 10.1. The van der Waals surface area contributed by atoms with Gasteiger partial charge in [-0.15, -0.1) is 0 Å². The summed E-state index contributed by atoms with van der Waals surface area (Å²) in [5.41, 5.74) is 5.16. The van der Waals surface area contributed by atoms with Gasteiger partial charge in [0.05, 0.1) is 29.2 Å². The molecule has 30 heavy (non-hydrogen) atoms. The monoisotopic (exact) mass is 402 g/mol. The van der Waals surface area contributed by atoms with Gasteiger partial charge < -0.3 is 20.1 Å². The van der Waals surface area contributed by atoms with Gasteiger partial charge in [0.2, 0.25) is 5.95 Å². The van der Waals surface area contributed by atoms with Crippen LogP contribution < -0.4 is 15.5 Å². The van der Waals surface area contributed by atoms with Crippen molar-refractivity contribution in [3.63, 3.8) is 0 Å². The van der Waals surface area contributed by atoms with Gasteiger partial charge in [0.25, 0.3) is 0 Å². The molecule has 8 heteroatoms. The number of hydrogen-bond acceptors (Lipinski definition) is 7. The summed E-state index contributed by atoms with van der Waals surface area (Å²) in [5, 5.41) is 7.67. The van der Waals surface area contributed by atoms with Gasteiger partial charge in [-0.3, -0.25) is 0 Å². The molecule has 0 atom stereocenters. The van der Waals surface area contributed by atoms with Gasteiger partial charge in [0.1, 0.15) is 11.3 Å². The van der Waals surface area contributed by atoms with E-state index in [4.69, 9.17) is 4.98 Å². The molecule has 1 aliphatic heterocycles. The lowest BCUT2D eigenvalue weighted by molar-refractivity contribution is 0.589. The summed E-state index contributed by atoms with van der Waals surface area (Å²) < 4.78 is 2.16. The molecule has 4 heterocycles. The Morgan fingerprint density at radius 1 is 1.07 bits per heavy atom. The predicted molar refractivity (Wildman–Crippen MR) is 121 cm³/mol. The average molecular weight is 403 g/mol. The highest BCUT2D eigenvalue weighted by atomic mass is 15.2. The minimum absolute atomic E-state index is 0.298. The first-order chi connectivity index (χ1) is 14.6. The van der Waals surface area contributed by atoms with E-state index in [0.29, 0.717) is 12.0 Å². The molecule has 0 bridgehead atoms. The molecule has 0 amide bonds. The Morgan fingerprint density at radius 2 is 1.90 bits per heavy atom. The molecular weight excluding hydrogens is 376 g/mol. The van der Waals surface area contributed by atoms with Crippen molar-refractivity contribution >= 4 is 39.4 Å². The first-order valence-electron chi connectivity index (χ1n) is 10.4. The molecule has 2 N–H and O–H groups in total. The quantitative estimate of drug-likeness (QED) is 0.541. The highest BCUT2D eigenvalue weighted by molar-refractivity contribution is 6.03. The third kappa shape index (κ3) is 3.33. The molecule has 0 saturated carbocycles. The Labute approximate surface area is 175 Å². The number of imidazole rings is 1. The highest BCUT2D eigenvalue weighted by Crippen LogP contribution is 2.29. The molecule has 0 radical (unpaired) electrons. The summed E-state index contributed by atoms with van der Waals surface area (Å²) in [7, 11) is 0. The number of fused-ring (bicyclic) bond motifs is 3. The molecule has 1 aliphatic rings. The van der Waals surface area contributed by atoms with Crippen LogP contribution in [-0.2, 0) is 0 Å². The van der Waals surface area contributed by atoms with Gasteiger partial charge in [0.15, 0.2) is 0 Å². The van der Waals surface area contributed by atoms with E-state index in [9.17, 15) is 0 Å². The van der Waals surface area contributed by atoms with E-state index in [1.165, 1.54) is 0 Å². The maximum Gasteiger partial charge on any atom is 0.228 e. The SMILES string of the molecule is Cc1cc2ncn(C(C)C)c2c2nc(Nc3ccc(N4CCNCC4)cn3)ncc12. The van der Waals surface area contributed by atoms with E-state index >= 15 is 0 Å². The summed E-state index contributed by atoms with van der Waals surface area (Å²) in [4.78, 5) is 20.9. The summed E-state index contributed by atoms with van der Waals surface area (Å²) in [6, 6.07) is 6.47. The molecule has 0 spiro atoms. The summed E-state index contributed by atoms with van der Waals surface area (Å²) in [6.07, 6.45) is 5.68. The van der Waals surface area contributed by atoms with Crippen LogP contribution in [0, 0.1) is 6.92 Å². The molecule has 154 valence electrons. The van der Waals surface area contributed by atoms with E-state index in [0.717, 1.165) is 65.2 Å². The van der Waals surface area contributed by atoms with Crippen LogP contribution in [0.5, 0.6) is 0 Å². The second kappa shape index (κ2) is 7.53. The number of rotatable bonds is 4. The van der Waals surface area contributed by atoms with E-state index in [1.807, 2.05) is 24.8 Å². The average Bonchev–Trinajstić information content (AvgIpc) is 3.19. The third-order valence-electron chi connectivity index (χ3n) is 5.64. The zero-order valence-electron chi connectivity index (χ0n) is 17.6. The number of aromatic nitrogens is 5. The fourth-order valence-electron chi connectivity index (χ4n) is 3.99. The molecule has 1 aromatic carbocycles. The van der Waals surface area contributed by atoms with Crippen molar-refractivity contribution in [2.24, 2.45) is 0 Å². The van der Waals surface area contributed by atoms with Crippen LogP contribution in [0.25, 0.3) is 21.9 Å². The molecule has 8 nitrogen and oxygen atoms in total. The number of nitrogens with zero attached hydrogens (tertiary/aromatic N) is 6. The van der Waals surface area contributed by atoms with Crippen molar-refractivity contribution in [3.05, 3.63) is 42.5 Å². The number of hydrogen-bond donors (Lipinski definition) is 2. The van der Waals surface area contributed by atoms with Crippen molar-refractivity contribution in [1.29, 1.82) is 0 Å². The smallest absolute Gasteiger partial charge is 0.228 e. The molecular formula is C22H26N8. The fraction of sp³-hybridized carbons (Fsp3) is 0.364. The molecule has 4 aromatic rings. The van der Waals surface area contributed by atoms with Crippen LogP contribution in [0.4, 0.5) is 17.5 Å². The standard InChI is InChI=1S/C22H26N8/c1-14(2)30-13-26-18-10-15(3)17-12-25-22(28-20(17)21(18)30)27-19-5-4-16(11-24-19)29-8-6-23-7-9-29/h4-5,10-14,23H,6-9H2,1-3H3,(H,24,25,27,28). The van der Waals surface area contributed by atoms with Crippen LogP contribution in [-0.4, -0.2) is 50.7 Å². The minimum atomic E-state index is 0.298. The van der Waals surface area contributed by atoms with Gasteiger partial charge in [-0.25, -0.2) is 19.9 Å². The maximum atomic E-state index is 4.85. The largest absolute Gasteiger partial charge is 0.368 e. The van der Waals surface area contributed by atoms with E-state index in [2.05, 4.69) is 68.0 Å². The first-order valence-corrected chi connectivity index (χ1v) is 10.4. The lowest BCUT2D eigenvalue weighted by Gasteiger charge is -2.29. The van der Waals surface area contributed by atoms with Gasteiger partial charge in [0, 0.05) is 43.8 Å². The van der Waals surface area contributed by atoms with E-state index in [1.54, 1.807) is 0 Å². The normalized spacial score (nSPS) is 14.7. The van der Waals surface area contributed by atoms with Gasteiger partial charge in [-0.1, -0.05) is 0 Å². The molecule has 1 fully saturated rings. The van der Waals surface area contributed by atoms with E-state index in [-0.39, 0.29) is 0 Å². The lowest BCUT2D eigenvalue weighted by Crippen LogP contribution is -2.43. The Hall–Kier alpha value is -3.26.